The zero-order valence-electron chi connectivity index (χ0n) is 36.0. The van der Waals surface area contributed by atoms with E-state index in [2.05, 4.69) is 11.7 Å². The lowest BCUT2D eigenvalue weighted by Crippen LogP contribution is -2.61. The average Bonchev–Trinajstić information content (AvgIpc) is 3.14. The third-order valence-corrected chi connectivity index (χ3v) is 13.0. The van der Waals surface area contributed by atoms with E-state index >= 15 is 0 Å². The Morgan fingerprint density at radius 1 is 0.982 bits per heavy atom. The number of ether oxygens (including phenoxy) is 8. The lowest BCUT2D eigenvalue weighted by Gasteiger charge is -2.50. The largest absolute Gasteiger partial charge is 0.459 e. The van der Waals surface area contributed by atoms with E-state index in [9.17, 15) is 25.3 Å². The molecule has 0 aromatic carbocycles. The lowest BCUT2D eigenvalue weighted by atomic mass is 9.73. The molecule has 0 unspecified atom stereocenters. The average molecular weight is 801 g/mol. The number of aliphatic hydroxyl groups excluding tert-OH is 2. The summed E-state index contributed by atoms with van der Waals surface area (Å²) >= 11 is 0. The van der Waals surface area contributed by atoms with E-state index < -0.39 is 102 Å². The Bertz CT molecular complexity index is 1360. The van der Waals surface area contributed by atoms with Gasteiger partial charge in [-0.25, -0.2) is 0 Å². The number of aliphatic hydroxyl groups is 3. The second-order valence-electron chi connectivity index (χ2n) is 17.9. The van der Waals surface area contributed by atoms with E-state index in [4.69, 9.17) is 37.9 Å². The van der Waals surface area contributed by atoms with Gasteiger partial charge in [0, 0.05) is 37.3 Å². The summed E-state index contributed by atoms with van der Waals surface area (Å²) in [6, 6.07) is -0.282. The number of fused-ring (bicyclic) bond motifs is 5. The highest BCUT2D eigenvalue weighted by Crippen LogP contribution is 2.43. The Morgan fingerprint density at radius 2 is 1.64 bits per heavy atom. The number of carbonyl (C=O) groups is 1. The van der Waals surface area contributed by atoms with Gasteiger partial charge >= 0.3 is 5.97 Å². The first-order chi connectivity index (χ1) is 26.0. The van der Waals surface area contributed by atoms with Crippen LogP contribution in [-0.2, 0) is 42.7 Å². The van der Waals surface area contributed by atoms with E-state index in [-0.39, 0.29) is 44.6 Å². The third kappa shape index (κ3) is 9.81. The van der Waals surface area contributed by atoms with Crippen molar-refractivity contribution in [2.45, 2.75) is 179 Å². The summed E-state index contributed by atoms with van der Waals surface area (Å²) in [6.45, 7) is 22.3. The molecule has 56 heavy (non-hydrogen) atoms. The van der Waals surface area contributed by atoms with Crippen LogP contribution in [0.25, 0.3) is 0 Å². The second kappa shape index (κ2) is 18.7. The predicted molar refractivity (Wildman–Crippen MR) is 207 cm³/mol. The number of oxime groups is 1. The number of carbonyl (C=O) groups excluding carboxylic acids is 1. The fraction of sp³-hybridized carbons (Fsp3) is 0.902. The van der Waals surface area contributed by atoms with Crippen LogP contribution in [0.15, 0.2) is 17.3 Å². The first-order valence-corrected chi connectivity index (χ1v) is 20.3. The van der Waals surface area contributed by atoms with Crippen molar-refractivity contribution in [1.29, 1.82) is 0 Å². The molecule has 0 aromatic heterocycles. The number of esters is 1. The minimum absolute atomic E-state index is 0.00424. The molecule has 15 heteroatoms. The molecule has 4 aliphatic heterocycles. The van der Waals surface area contributed by atoms with E-state index in [1.165, 1.54) is 7.11 Å². The van der Waals surface area contributed by atoms with Gasteiger partial charge in [-0.05, 0) is 80.5 Å². The molecule has 15 nitrogen and oxygen atoms in total. The fourth-order valence-corrected chi connectivity index (χ4v) is 9.54. The van der Waals surface area contributed by atoms with Crippen LogP contribution in [0.5, 0.6) is 0 Å². The molecule has 324 valence electrons. The van der Waals surface area contributed by atoms with Gasteiger partial charge in [0.05, 0.1) is 66.6 Å². The van der Waals surface area contributed by atoms with Crippen LogP contribution in [0.1, 0.15) is 94.9 Å². The Labute approximate surface area is 333 Å². The van der Waals surface area contributed by atoms with Gasteiger partial charge in [0.2, 0.25) is 0 Å². The smallest absolute Gasteiger partial charge is 0.311 e. The number of methoxy groups -OCH3 is 1. The molecule has 4 saturated heterocycles. The van der Waals surface area contributed by atoms with Crippen LogP contribution in [0.2, 0.25) is 0 Å². The van der Waals surface area contributed by atoms with E-state index in [0.717, 1.165) is 0 Å². The minimum atomic E-state index is -1.75. The van der Waals surface area contributed by atoms with Crippen LogP contribution < -0.4 is 0 Å². The highest BCUT2D eigenvalue weighted by atomic mass is 16.7. The number of rotatable bonds is 7. The Kier molecular flexibility index (Phi) is 15.6. The summed E-state index contributed by atoms with van der Waals surface area (Å²) in [5.41, 5.74) is -3.09. The maximum Gasteiger partial charge on any atom is 0.311 e. The van der Waals surface area contributed by atoms with Gasteiger partial charge in [0.25, 0.3) is 0 Å². The zero-order chi connectivity index (χ0) is 42.1. The summed E-state index contributed by atoms with van der Waals surface area (Å²) in [5.74, 6) is -3.44. The SMILES string of the molecule is C=C1CO[C@H]2[C@H](C)/C(=N/O)[C@H](C)C[C@@](C)(OC1)[C@H](O[C@@H]1O[C@H](C)C[C@H](N(C)C)[C@H]1O)[C@@H](C)[C@H](O[C@H]1C[C@@](C)(OC)[C@@H](O)[C@H](C)O1)[C@@H](C)C(=O)O[C@@H](CC)[C@@]2(C)O. The van der Waals surface area contributed by atoms with E-state index in [1.54, 1.807) is 27.7 Å². The van der Waals surface area contributed by atoms with Crippen LogP contribution in [0.3, 0.4) is 0 Å². The van der Waals surface area contributed by atoms with Gasteiger partial charge in [-0.3, -0.25) is 4.79 Å². The van der Waals surface area contributed by atoms with Crippen LogP contribution in [0.4, 0.5) is 0 Å². The van der Waals surface area contributed by atoms with Gasteiger partial charge < -0.3 is 63.3 Å². The number of cyclic esters (lactones) is 1. The lowest BCUT2D eigenvalue weighted by molar-refractivity contribution is -0.320. The maximum absolute atomic E-state index is 14.5. The predicted octanol–water partition coefficient (Wildman–Crippen LogP) is 3.67. The first-order valence-electron chi connectivity index (χ1n) is 20.3. The molecule has 0 saturated carbocycles. The van der Waals surface area contributed by atoms with Crippen molar-refractivity contribution in [3.63, 3.8) is 0 Å². The highest BCUT2D eigenvalue weighted by Gasteiger charge is 2.55. The van der Waals surface area contributed by atoms with Crippen LogP contribution in [-0.4, -0.2) is 156 Å². The summed E-state index contributed by atoms with van der Waals surface area (Å²) in [6.07, 6.45) is -7.75. The Hall–Kier alpha value is -1.76. The molecule has 4 aliphatic rings. The second-order valence-corrected chi connectivity index (χ2v) is 17.9. The highest BCUT2D eigenvalue weighted by molar-refractivity contribution is 5.88. The van der Waals surface area contributed by atoms with Gasteiger partial charge in [-0.2, -0.15) is 0 Å². The molecule has 0 amide bonds. The molecule has 0 aromatic rings. The summed E-state index contributed by atoms with van der Waals surface area (Å²) < 4.78 is 51.7. The zero-order valence-corrected chi connectivity index (χ0v) is 36.0. The standard InChI is InChI=1S/C41H72N2O13/c1-15-29-41(11,47)36-24(5)31(42-48)22(3)17-40(10,51-20-21(2)19-50-36)35(56-38-32(44)28(43(12)13)16-23(4)52-38)25(6)33(26(7)37(46)54-29)55-30-18-39(9,49-14)34(45)27(8)53-30/h22-30,32-36,38,44-45,47-48H,2,15-20H2,1,3-14H3/b42-31+/t22-,23-,24-,25+,26-,27+,28+,29+,30+,32-,33+,34+,35-,36+,38+,39-,40-,41-/m1/s1. The topological polar surface area (TPSA) is 187 Å². The van der Waals surface area contributed by atoms with Gasteiger partial charge in [0.15, 0.2) is 12.6 Å². The Balaban J connectivity index is 1.96. The van der Waals surface area contributed by atoms with E-state index in [1.807, 2.05) is 60.5 Å². The molecule has 18 atom stereocenters. The normalized spacial score (nSPS) is 48.5. The number of hydrogen-bond donors (Lipinski definition) is 4. The van der Waals surface area contributed by atoms with Crippen molar-refractivity contribution in [2.24, 2.45) is 28.8 Å². The molecule has 4 heterocycles. The molecule has 0 spiro atoms. The molecule has 4 rings (SSSR count). The van der Waals surface area contributed by atoms with Crippen molar-refractivity contribution in [1.82, 2.24) is 4.90 Å². The molecular formula is C41H72N2O13. The van der Waals surface area contributed by atoms with Crippen LogP contribution in [0, 0.1) is 23.7 Å². The van der Waals surface area contributed by atoms with Crippen molar-refractivity contribution in [3.8, 4) is 0 Å². The summed E-state index contributed by atoms with van der Waals surface area (Å²) in [7, 11) is 5.32. The number of hydrogen-bond acceptors (Lipinski definition) is 15. The minimum Gasteiger partial charge on any atom is -0.459 e. The van der Waals surface area contributed by atoms with Crippen molar-refractivity contribution < 1.29 is 63.2 Å². The number of nitrogens with zero attached hydrogens (tertiary/aromatic N) is 2. The first kappa shape index (κ1) is 46.9. The molecule has 0 aliphatic carbocycles. The fourth-order valence-electron chi connectivity index (χ4n) is 9.54. The van der Waals surface area contributed by atoms with Crippen molar-refractivity contribution >= 4 is 11.7 Å². The maximum atomic E-state index is 14.5. The monoisotopic (exact) mass is 801 g/mol. The summed E-state index contributed by atoms with van der Waals surface area (Å²) in [4.78, 5) is 16.4. The molecule has 2 bridgehead atoms. The van der Waals surface area contributed by atoms with Crippen LogP contribution >= 0.6 is 0 Å². The van der Waals surface area contributed by atoms with Crippen molar-refractivity contribution in [3.05, 3.63) is 12.2 Å². The number of likely N-dealkylation sites (N-methyl/N-ethyl adjacent to an activating group) is 1. The molecule has 4 N–H and O–H groups in total. The van der Waals surface area contributed by atoms with Gasteiger partial charge in [0.1, 0.15) is 23.9 Å². The summed E-state index contributed by atoms with van der Waals surface area (Å²) in [5, 5.41) is 49.5. The van der Waals surface area contributed by atoms with E-state index in [0.29, 0.717) is 17.7 Å². The molecule has 0 radical (unpaired) electrons. The molecular weight excluding hydrogens is 728 g/mol. The quantitative estimate of drug-likeness (QED) is 0.126. The Morgan fingerprint density at radius 3 is 2.23 bits per heavy atom. The van der Waals surface area contributed by atoms with Crippen molar-refractivity contribution in [2.75, 3.05) is 34.4 Å². The van der Waals surface area contributed by atoms with Gasteiger partial charge in [-0.1, -0.05) is 39.4 Å². The van der Waals surface area contributed by atoms with Gasteiger partial charge in [-0.15, -0.1) is 0 Å². The third-order valence-electron chi connectivity index (χ3n) is 13.0. The molecule has 4 fully saturated rings.